The first-order valence-electron chi connectivity index (χ1n) is 7.76. The van der Waals surface area contributed by atoms with Crippen LogP contribution >= 0.6 is 0 Å². The van der Waals surface area contributed by atoms with Crippen molar-refractivity contribution in [2.24, 2.45) is 0 Å². The molecule has 1 aliphatic rings. The number of aromatic nitrogens is 2. The summed E-state index contributed by atoms with van der Waals surface area (Å²) in [7, 11) is 0. The van der Waals surface area contributed by atoms with Crippen LogP contribution in [0.1, 0.15) is 51.9 Å². The standard InChI is InChI=1S/C17H18FN3O3/c1-10(2)21-8-6-15(19-21)16(22)20-7-5-11-13(9-20)12(17(23)24)3-4-14(11)18/h3-4,6,8,10H,5,7,9H2,1-2H3,(H,23,24). The number of carboxylic acids is 1. The average Bonchev–Trinajstić information content (AvgIpc) is 3.04. The lowest BCUT2D eigenvalue weighted by molar-refractivity contribution is 0.0675. The third-order valence-electron chi connectivity index (χ3n) is 4.23. The van der Waals surface area contributed by atoms with Gasteiger partial charge >= 0.3 is 5.97 Å². The van der Waals surface area contributed by atoms with Gasteiger partial charge in [0.2, 0.25) is 0 Å². The van der Waals surface area contributed by atoms with Gasteiger partial charge in [-0.3, -0.25) is 9.48 Å². The van der Waals surface area contributed by atoms with Crippen LogP contribution in [0.15, 0.2) is 24.4 Å². The minimum Gasteiger partial charge on any atom is -0.478 e. The summed E-state index contributed by atoms with van der Waals surface area (Å²) in [5.41, 5.74) is 1.09. The maximum Gasteiger partial charge on any atom is 0.336 e. The third-order valence-corrected chi connectivity index (χ3v) is 4.23. The van der Waals surface area contributed by atoms with E-state index in [1.807, 2.05) is 13.8 Å². The monoisotopic (exact) mass is 331 g/mol. The molecular formula is C17H18FN3O3. The van der Waals surface area contributed by atoms with Gasteiger partial charge in [0.1, 0.15) is 11.5 Å². The highest BCUT2D eigenvalue weighted by Gasteiger charge is 2.28. The van der Waals surface area contributed by atoms with Crippen LogP contribution in [0.4, 0.5) is 4.39 Å². The highest BCUT2D eigenvalue weighted by atomic mass is 19.1. The van der Waals surface area contributed by atoms with E-state index in [-0.39, 0.29) is 24.1 Å². The summed E-state index contributed by atoms with van der Waals surface area (Å²) >= 11 is 0. The number of carbonyl (C=O) groups excluding carboxylic acids is 1. The van der Waals surface area contributed by atoms with Crippen molar-refractivity contribution in [3.05, 3.63) is 52.6 Å². The zero-order valence-electron chi connectivity index (χ0n) is 13.5. The summed E-state index contributed by atoms with van der Waals surface area (Å²) in [4.78, 5) is 25.5. The Bertz CT molecular complexity index is 813. The zero-order chi connectivity index (χ0) is 17.4. The van der Waals surface area contributed by atoms with Crippen LogP contribution in [-0.4, -0.2) is 38.2 Å². The first-order chi connectivity index (χ1) is 11.4. The SMILES string of the molecule is CC(C)n1ccc(C(=O)N2CCc3c(F)ccc(C(=O)O)c3C2)n1. The normalized spacial score (nSPS) is 13.9. The lowest BCUT2D eigenvalue weighted by Crippen LogP contribution is -2.37. The van der Waals surface area contributed by atoms with Crippen LogP contribution < -0.4 is 0 Å². The molecular weight excluding hydrogens is 313 g/mol. The Morgan fingerprint density at radius 2 is 2.00 bits per heavy atom. The number of nitrogens with zero attached hydrogens (tertiary/aromatic N) is 3. The molecule has 0 atom stereocenters. The molecule has 1 N–H and O–H groups in total. The molecule has 7 heteroatoms. The van der Waals surface area contributed by atoms with Crippen molar-refractivity contribution in [2.45, 2.75) is 32.9 Å². The molecule has 2 aromatic rings. The molecule has 0 radical (unpaired) electrons. The number of carboxylic acid groups (broad SMARTS) is 1. The number of carbonyl (C=O) groups is 2. The van der Waals surface area contributed by atoms with Gasteiger partial charge in [-0.2, -0.15) is 5.10 Å². The van der Waals surface area contributed by atoms with E-state index in [0.29, 0.717) is 29.8 Å². The summed E-state index contributed by atoms with van der Waals surface area (Å²) in [6.45, 7) is 4.32. The highest BCUT2D eigenvalue weighted by Crippen LogP contribution is 2.26. The largest absolute Gasteiger partial charge is 0.478 e. The van der Waals surface area contributed by atoms with Gasteiger partial charge in [0.05, 0.1) is 5.56 Å². The predicted octanol–water partition coefficient (Wildman–Crippen LogP) is 2.50. The fourth-order valence-electron chi connectivity index (χ4n) is 2.91. The van der Waals surface area contributed by atoms with Gasteiger partial charge in [-0.1, -0.05) is 0 Å². The van der Waals surface area contributed by atoms with Gasteiger partial charge in [0, 0.05) is 25.3 Å². The molecule has 0 saturated carbocycles. The van der Waals surface area contributed by atoms with E-state index in [9.17, 15) is 19.1 Å². The van der Waals surface area contributed by atoms with Crippen molar-refractivity contribution in [2.75, 3.05) is 6.54 Å². The van der Waals surface area contributed by atoms with Gasteiger partial charge in [-0.05, 0) is 49.6 Å². The molecule has 1 aromatic heterocycles. The minimum absolute atomic E-state index is 0.0385. The molecule has 6 nitrogen and oxygen atoms in total. The van der Waals surface area contributed by atoms with E-state index in [1.54, 1.807) is 16.9 Å². The van der Waals surface area contributed by atoms with Gasteiger partial charge < -0.3 is 10.0 Å². The Morgan fingerprint density at radius 3 is 2.62 bits per heavy atom. The molecule has 24 heavy (non-hydrogen) atoms. The van der Waals surface area contributed by atoms with E-state index in [2.05, 4.69) is 5.10 Å². The number of amides is 1. The molecule has 0 aliphatic carbocycles. The topological polar surface area (TPSA) is 75.4 Å². The fraction of sp³-hybridized carbons (Fsp3) is 0.353. The van der Waals surface area contributed by atoms with Crippen LogP contribution in [0.3, 0.4) is 0 Å². The number of halogens is 1. The summed E-state index contributed by atoms with van der Waals surface area (Å²) in [5.74, 6) is -1.82. The molecule has 0 unspecified atom stereocenters. The molecule has 0 saturated heterocycles. The number of benzene rings is 1. The van der Waals surface area contributed by atoms with E-state index >= 15 is 0 Å². The molecule has 2 heterocycles. The van der Waals surface area contributed by atoms with Crippen molar-refractivity contribution >= 4 is 11.9 Å². The van der Waals surface area contributed by atoms with Gasteiger partial charge in [-0.15, -0.1) is 0 Å². The first-order valence-corrected chi connectivity index (χ1v) is 7.76. The minimum atomic E-state index is -1.12. The van der Waals surface area contributed by atoms with Crippen molar-refractivity contribution in [3.63, 3.8) is 0 Å². The van der Waals surface area contributed by atoms with Crippen LogP contribution in [0.25, 0.3) is 0 Å². The van der Waals surface area contributed by atoms with E-state index in [0.717, 1.165) is 0 Å². The van der Waals surface area contributed by atoms with Crippen molar-refractivity contribution in [1.29, 1.82) is 0 Å². The van der Waals surface area contributed by atoms with Crippen molar-refractivity contribution in [1.82, 2.24) is 14.7 Å². The Morgan fingerprint density at radius 1 is 1.25 bits per heavy atom. The molecule has 0 bridgehead atoms. The van der Waals surface area contributed by atoms with Crippen molar-refractivity contribution in [3.8, 4) is 0 Å². The average molecular weight is 331 g/mol. The molecule has 126 valence electrons. The summed E-state index contributed by atoms with van der Waals surface area (Å²) in [6, 6.07) is 4.20. The maximum absolute atomic E-state index is 13.9. The number of fused-ring (bicyclic) bond motifs is 1. The molecule has 0 fully saturated rings. The smallest absolute Gasteiger partial charge is 0.336 e. The molecule has 0 spiro atoms. The van der Waals surface area contributed by atoms with E-state index < -0.39 is 11.8 Å². The molecule has 1 aromatic carbocycles. The fourth-order valence-corrected chi connectivity index (χ4v) is 2.91. The molecule has 1 aliphatic heterocycles. The lowest BCUT2D eigenvalue weighted by atomic mass is 9.94. The Hall–Kier alpha value is -2.70. The van der Waals surface area contributed by atoms with Gasteiger partial charge in [0.15, 0.2) is 0 Å². The second-order valence-electron chi connectivity index (χ2n) is 6.11. The van der Waals surface area contributed by atoms with E-state index in [4.69, 9.17) is 0 Å². The number of aromatic carboxylic acids is 1. The summed E-state index contributed by atoms with van der Waals surface area (Å²) in [5, 5.41) is 13.5. The Labute approximate surface area is 138 Å². The van der Waals surface area contributed by atoms with Crippen LogP contribution in [0.2, 0.25) is 0 Å². The third kappa shape index (κ3) is 2.77. The number of hydrogen-bond donors (Lipinski definition) is 1. The Kier molecular flexibility index (Phi) is 4.09. The van der Waals surface area contributed by atoms with E-state index in [1.165, 1.54) is 17.0 Å². The predicted molar refractivity (Wildman–Crippen MR) is 84.4 cm³/mol. The van der Waals surface area contributed by atoms with Crippen LogP contribution in [-0.2, 0) is 13.0 Å². The summed E-state index contributed by atoms with van der Waals surface area (Å²) < 4.78 is 15.6. The number of hydrogen-bond acceptors (Lipinski definition) is 3. The molecule has 3 rings (SSSR count). The molecule has 1 amide bonds. The van der Waals surface area contributed by atoms with Gasteiger partial charge in [0.25, 0.3) is 5.91 Å². The van der Waals surface area contributed by atoms with Crippen molar-refractivity contribution < 1.29 is 19.1 Å². The van der Waals surface area contributed by atoms with Crippen LogP contribution in [0.5, 0.6) is 0 Å². The zero-order valence-corrected chi connectivity index (χ0v) is 13.5. The lowest BCUT2D eigenvalue weighted by Gasteiger charge is -2.29. The van der Waals surface area contributed by atoms with Gasteiger partial charge in [-0.25, -0.2) is 9.18 Å². The quantitative estimate of drug-likeness (QED) is 0.937. The number of rotatable bonds is 3. The first kappa shape index (κ1) is 16.2. The maximum atomic E-state index is 13.9. The second-order valence-corrected chi connectivity index (χ2v) is 6.11. The Balaban J connectivity index is 1.90. The second kappa shape index (κ2) is 6.07. The van der Waals surface area contributed by atoms with Crippen LogP contribution in [0, 0.1) is 5.82 Å². The summed E-state index contributed by atoms with van der Waals surface area (Å²) in [6.07, 6.45) is 2.02. The highest BCUT2D eigenvalue weighted by molar-refractivity contribution is 5.93.